The summed E-state index contributed by atoms with van der Waals surface area (Å²) < 4.78 is 1.99. The number of nitrogens with one attached hydrogen (secondary N) is 1. The number of aromatic nitrogens is 4. The number of carbonyl (C=O) groups is 1. The highest BCUT2D eigenvalue weighted by Crippen LogP contribution is 2.24. The van der Waals surface area contributed by atoms with Gasteiger partial charge in [-0.1, -0.05) is 6.07 Å². The summed E-state index contributed by atoms with van der Waals surface area (Å²) in [7, 11) is 0. The van der Waals surface area contributed by atoms with Crippen LogP contribution in [0, 0.1) is 0 Å². The molecule has 3 aromatic heterocycles. The number of rotatable bonds is 6. The first-order valence-electron chi connectivity index (χ1n) is 8.56. The Balaban J connectivity index is 1.39. The lowest BCUT2D eigenvalue weighted by Crippen LogP contribution is -2.39. The molecule has 7 nitrogen and oxygen atoms in total. The maximum atomic E-state index is 12.4. The second-order valence-corrected chi connectivity index (χ2v) is 7.34. The maximum absolute atomic E-state index is 12.4. The standard InChI is InChI=1S/C18H20N6OS/c25-17(21-10-14-2-1-4-19-9-14)8-16-12-23(13-18-20-6-7-26-18)11-15-3-5-22-24(15)16/h1-7,9,16H,8,10-13H2,(H,21,25). The highest BCUT2D eigenvalue weighted by Gasteiger charge is 2.27. The van der Waals surface area contributed by atoms with E-state index >= 15 is 0 Å². The Labute approximate surface area is 155 Å². The molecule has 0 fully saturated rings. The van der Waals surface area contributed by atoms with Gasteiger partial charge in [0.2, 0.25) is 5.91 Å². The monoisotopic (exact) mass is 368 g/mol. The third-order valence-electron chi connectivity index (χ3n) is 4.43. The van der Waals surface area contributed by atoms with E-state index in [1.165, 1.54) is 0 Å². The number of fused-ring (bicyclic) bond motifs is 1. The second-order valence-electron chi connectivity index (χ2n) is 6.36. The Morgan fingerprint density at radius 2 is 2.27 bits per heavy atom. The van der Waals surface area contributed by atoms with Gasteiger partial charge in [-0.2, -0.15) is 5.10 Å². The van der Waals surface area contributed by atoms with Gasteiger partial charge < -0.3 is 5.32 Å². The number of hydrogen-bond donors (Lipinski definition) is 1. The fourth-order valence-electron chi connectivity index (χ4n) is 3.25. The van der Waals surface area contributed by atoms with Gasteiger partial charge in [0.25, 0.3) is 0 Å². The molecule has 4 rings (SSSR count). The molecule has 0 saturated carbocycles. The third kappa shape index (κ3) is 3.97. The number of amides is 1. The molecule has 0 aliphatic carbocycles. The predicted molar refractivity (Wildman–Crippen MR) is 98.2 cm³/mol. The lowest BCUT2D eigenvalue weighted by molar-refractivity contribution is -0.122. The summed E-state index contributed by atoms with van der Waals surface area (Å²) >= 11 is 1.66. The van der Waals surface area contributed by atoms with Crippen LogP contribution in [-0.2, 0) is 24.4 Å². The molecule has 8 heteroatoms. The fourth-order valence-corrected chi connectivity index (χ4v) is 3.91. The highest BCUT2D eigenvalue weighted by atomic mass is 32.1. The zero-order valence-corrected chi connectivity index (χ0v) is 15.1. The normalized spacial score (nSPS) is 17.0. The number of hydrogen-bond acceptors (Lipinski definition) is 6. The SMILES string of the molecule is O=C(CC1CN(Cc2nccs2)Cc2ccnn21)NCc1cccnc1. The van der Waals surface area contributed by atoms with Crippen molar-refractivity contribution in [1.29, 1.82) is 0 Å². The summed E-state index contributed by atoms with van der Waals surface area (Å²) in [6, 6.07) is 5.88. The molecule has 26 heavy (non-hydrogen) atoms. The van der Waals surface area contributed by atoms with Gasteiger partial charge in [-0.25, -0.2) is 4.98 Å². The third-order valence-corrected chi connectivity index (χ3v) is 5.19. The minimum absolute atomic E-state index is 0.0244. The molecule has 1 amide bonds. The predicted octanol–water partition coefficient (Wildman–Crippen LogP) is 2.00. The van der Waals surface area contributed by atoms with Gasteiger partial charge in [-0.3, -0.25) is 19.4 Å². The van der Waals surface area contributed by atoms with E-state index in [9.17, 15) is 4.79 Å². The van der Waals surface area contributed by atoms with E-state index in [0.29, 0.717) is 13.0 Å². The van der Waals surface area contributed by atoms with Crippen molar-refractivity contribution in [2.24, 2.45) is 0 Å². The molecule has 3 aromatic rings. The van der Waals surface area contributed by atoms with Crippen molar-refractivity contribution < 1.29 is 4.79 Å². The van der Waals surface area contributed by atoms with Gasteiger partial charge in [0.1, 0.15) is 5.01 Å². The van der Waals surface area contributed by atoms with E-state index in [0.717, 1.165) is 35.9 Å². The smallest absolute Gasteiger partial charge is 0.222 e. The van der Waals surface area contributed by atoms with Gasteiger partial charge >= 0.3 is 0 Å². The Kier molecular flexibility index (Phi) is 5.03. The topological polar surface area (TPSA) is 75.9 Å². The van der Waals surface area contributed by atoms with E-state index in [4.69, 9.17) is 0 Å². The minimum Gasteiger partial charge on any atom is -0.352 e. The van der Waals surface area contributed by atoms with E-state index in [1.54, 1.807) is 23.7 Å². The molecule has 1 unspecified atom stereocenters. The average Bonchev–Trinajstić information content (AvgIpc) is 3.33. The number of carbonyl (C=O) groups excluding carboxylic acids is 1. The lowest BCUT2D eigenvalue weighted by Gasteiger charge is -2.33. The van der Waals surface area contributed by atoms with E-state index < -0.39 is 0 Å². The quantitative estimate of drug-likeness (QED) is 0.720. The average molecular weight is 368 g/mol. The molecule has 1 N–H and O–H groups in total. The van der Waals surface area contributed by atoms with Crippen LogP contribution in [0.2, 0.25) is 0 Å². The molecule has 0 spiro atoms. The van der Waals surface area contributed by atoms with Crippen LogP contribution in [0.15, 0.2) is 48.4 Å². The van der Waals surface area contributed by atoms with Crippen molar-refractivity contribution in [2.45, 2.75) is 32.1 Å². The molecule has 4 heterocycles. The summed E-state index contributed by atoms with van der Waals surface area (Å²) in [6.07, 6.45) is 7.54. The van der Waals surface area contributed by atoms with Crippen LogP contribution in [-0.4, -0.2) is 37.1 Å². The molecule has 0 saturated heterocycles. The van der Waals surface area contributed by atoms with Crippen molar-refractivity contribution in [1.82, 2.24) is 30.0 Å². The van der Waals surface area contributed by atoms with Gasteiger partial charge in [0, 0.05) is 49.8 Å². The molecular weight excluding hydrogens is 348 g/mol. The first kappa shape index (κ1) is 16.9. The van der Waals surface area contributed by atoms with E-state index in [1.807, 2.05) is 40.7 Å². The van der Waals surface area contributed by atoms with Gasteiger partial charge in [0.15, 0.2) is 0 Å². The van der Waals surface area contributed by atoms with Gasteiger partial charge in [-0.05, 0) is 17.7 Å². The summed E-state index contributed by atoms with van der Waals surface area (Å²) in [5.74, 6) is 0.0244. The van der Waals surface area contributed by atoms with E-state index in [-0.39, 0.29) is 11.9 Å². The van der Waals surface area contributed by atoms with Crippen LogP contribution in [0.3, 0.4) is 0 Å². The van der Waals surface area contributed by atoms with Crippen molar-refractivity contribution in [3.63, 3.8) is 0 Å². The summed E-state index contributed by atoms with van der Waals surface area (Å²) in [5, 5.41) is 10.5. The molecule has 134 valence electrons. The number of nitrogens with zero attached hydrogens (tertiary/aromatic N) is 5. The second kappa shape index (κ2) is 7.76. The van der Waals surface area contributed by atoms with Crippen LogP contribution < -0.4 is 5.32 Å². The Morgan fingerprint density at radius 1 is 1.31 bits per heavy atom. The minimum atomic E-state index is 0.0244. The molecule has 1 aliphatic rings. The molecular formula is C18H20N6OS. The fraction of sp³-hybridized carbons (Fsp3) is 0.333. The van der Waals surface area contributed by atoms with Crippen LogP contribution in [0.5, 0.6) is 0 Å². The van der Waals surface area contributed by atoms with Gasteiger partial charge in [-0.15, -0.1) is 11.3 Å². The van der Waals surface area contributed by atoms with Crippen LogP contribution in [0.25, 0.3) is 0 Å². The Morgan fingerprint density at radius 3 is 3.08 bits per heavy atom. The highest BCUT2D eigenvalue weighted by molar-refractivity contribution is 7.09. The van der Waals surface area contributed by atoms with Crippen LogP contribution in [0.1, 0.15) is 28.7 Å². The number of pyridine rings is 1. The first-order valence-corrected chi connectivity index (χ1v) is 9.44. The van der Waals surface area contributed by atoms with Crippen LogP contribution in [0.4, 0.5) is 0 Å². The van der Waals surface area contributed by atoms with E-state index in [2.05, 4.69) is 25.3 Å². The lowest BCUT2D eigenvalue weighted by atomic mass is 10.1. The summed E-state index contributed by atoms with van der Waals surface area (Å²) in [4.78, 5) is 23.2. The molecule has 0 aromatic carbocycles. The molecule has 1 aliphatic heterocycles. The number of thiazole rings is 1. The van der Waals surface area contributed by atoms with Gasteiger partial charge in [0.05, 0.1) is 24.7 Å². The van der Waals surface area contributed by atoms with Crippen molar-refractivity contribution in [3.05, 3.63) is 64.6 Å². The van der Waals surface area contributed by atoms with Crippen LogP contribution >= 0.6 is 11.3 Å². The molecule has 0 bridgehead atoms. The van der Waals surface area contributed by atoms with Crippen molar-refractivity contribution >= 4 is 17.2 Å². The maximum Gasteiger partial charge on any atom is 0.222 e. The molecule has 1 atom stereocenters. The Bertz CT molecular complexity index is 848. The summed E-state index contributed by atoms with van der Waals surface area (Å²) in [6.45, 7) is 2.91. The summed E-state index contributed by atoms with van der Waals surface area (Å²) in [5.41, 5.74) is 2.13. The Hall–Kier alpha value is -2.58. The van der Waals surface area contributed by atoms with Crippen molar-refractivity contribution in [2.75, 3.05) is 6.54 Å². The molecule has 0 radical (unpaired) electrons. The zero-order chi connectivity index (χ0) is 17.8. The zero-order valence-electron chi connectivity index (χ0n) is 14.3. The largest absolute Gasteiger partial charge is 0.352 e. The van der Waals surface area contributed by atoms with Crippen molar-refractivity contribution in [3.8, 4) is 0 Å². The first-order chi connectivity index (χ1) is 12.8.